The minimum atomic E-state index is -0.609. The van der Waals surface area contributed by atoms with E-state index in [0.717, 1.165) is 10.1 Å². The zero-order valence-electron chi connectivity index (χ0n) is 18.8. The fraction of sp³-hybridized carbons (Fsp3) is 0.250. The molecule has 4 aromatic rings. The summed E-state index contributed by atoms with van der Waals surface area (Å²) in [5, 5.41) is 11.5. The molecule has 1 aliphatic heterocycles. The van der Waals surface area contributed by atoms with Crippen molar-refractivity contribution in [2.45, 2.75) is 12.6 Å². The summed E-state index contributed by atoms with van der Waals surface area (Å²) in [6, 6.07) is 13.5. The van der Waals surface area contributed by atoms with Crippen molar-refractivity contribution in [2.24, 2.45) is 14.1 Å². The number of fused-ring (bicyclic) bond motifs is 3. The van der Waals surface area contributed by atoms with Crippen molar-refractivity contribution >= 4 is 16.6 Å². The van der Waals surface area contributed by atoms with Crippen LogP contribution >= 0.6 is 0 Å². The number of ether oxygens (including phenoxy) is 2. The highest BCUT2D eigenvalue weighted by molar-refractivity contribution is 5.96. The summed E-state index contributed by atoms with van der Waals surface area (Å²) in [7, 11) is 4.67. The molecule has 0 spiro atoms. The van der Waals surface area contributed by atoms with Crippen LogP contribution in [0.4, 0.5) is 5.69 Å². The molecule has 0 bridgehead atoms. The third-order valence-electron chi connectivity index (χ3n) is 6.32. The Morgan fingerprint density at radius 3 is 2.32 bits per heavy atom. The average molecular weight is 462 g/mol. The number of benzene rings is 2. The normalized spacial score (nSPS) is 15.3. The molecule has 0 saturated heterocycles. The number of nitro benzene ring substituents is 1. The van der Waals surface area contributed by atoms with Crippen LogP contribution in [-0.2, 0) is 25.4 Å². The molecular weight excluding hydrogens is 440 g/mol. The number of aromatic nitrogens is 3. The van der Waals surface area contributed by atoms with Gasteiger partial charge in [0.25, 0.3) is 11.2 Å². The second-order valence-electron chi connectivity index (χ2n) is 8.14. The van der Waals surface area contributed by atoms with Crippen molar-refractivity contribution in [1.29, 1.82) is 0 Å². The smallest absolute Gasteiger partial charge is 0.331 e. The van der Waals surface area contributed by atoms with Crippen molar-refractivity contribution in [3.8, 4) is 17.0 Å². The van der Waals surface area contributed by atoms with Gasteiger partial charge in [0.1, 0.15) is 11.9 Å². The van der Waals surface area contributed by atoms with Gasteiger partial charge in [-0.15, -0.1) is 0 Å². The lowest BCUT2D eigenvalue weighted by atomic mass is 10.0. The molecule has 10 nitrogen and oxygen atoms in total. The number of aryl methyl sites for hydroxylation is 1. The Hall–Kier alpha value is -4.18. The second kappa shape index (κ2) is 7.99. The maximum absolute atomic E-state index is 13.4. The van der Waals surface area contributed by atoms with Crippen molar-refractivity contribution in [2.75, 3.05) is 13.7 Å². The summed E-state index contributed by atoms with van der Waals surface area (Å²) in [4.78, 5) is 36.9. The van der Waals surface area contributed by atoms with Crippen LogP contribution in [0.3, 0.4) is 0 Å². The van der Waals surface area contributed by atoms with Crippen LogP contribution in [0.5, 0.6) is 5.75 Å². The molecule has 2 aromatic carbocycles. The lowest BCUT2D eigenvalue weighted by Crippen LogP contribution is -2.37. The van der Waals surface area contributed by atoms with Gasteiger partial charge < -0.3 is 14.0 Å². The number of nitrogens with zero attached hydrogens (tertiary/aromatic N) is 4. The molecule has 10 heteroatoms. The molecule has 0 unspecified atom stereocenters. The summed E-state index contributed by atoms with van der Waals surface area (Å²) >= 11 is 0. The van der Waals surface area contributed by atoms with Crippen LogP contribution in [-0.4, -0.2) is 32.3 Å². The zero-order valence-corrected chi connectivity index (χ0v) is 18.8. The number of hydrogen-bond acceptors (Lipinski definition) is 6. The molecule has 0 N–H and O–H groups in total. The molecule has 174 valence electrons. The maximum Gasteiger partial charge on any atom is 0.331 e. The van der Waals surface area contributed by atoms with Crippen LogP contribution in [0, 0.1) is 10.1 Å². The number of hydrogen-bond donors (Lipinski definition) is 0. The van der Waals surface area contributed by atoms with E-state index in [4.69, 9.17) is 9.47 Å². The first-order valence-electron chi connectivity index (χ1n) is 10.7. The van der Waals surface area contributed by atoms with Crippen LogP contribution in [0.1, 0.15) is 17.4 Å². The highest BCUT2D eigenvalue weighted by Crippen LogP contribution is 2.41. The van der Waals surface area contributed by atoms with Gasteiger partial charge in [0.05, 0.1) is 40.9 Å². The first kappa shape index (κ1) is 21.7. The van der Waals surface area contributed by atoms with Gasteiger partial charge >= 0.3 is 5.69 Å². The van der Waals surface area contributed by atoms with Gasteiger partial charge in [-0.25, -0.2) is 4.79 Å². The van der Waals surface area contributed by atoms with Gasteiger partial charge in [0.2, 0.25) is 0 Å². The van der Waals surface area contributed by atoms with Crippen molar-refractivity contribution in [3.63, 3.8) is 0 Å². The lowest BCUT2D eigenvalue weighted by molar-refractivity contribution is -0.384. The lowest BCUT2D eigenvalue weighted by Gasteiger charge is -2.27. The summed E-state index contributed by atoms with van der Waals surface area (Å²) in [6.45, 7) is 0.846. The van der Waals surface area contributed by atoms with Gasteiger partial charge in [-0.1, -0.05) is 0 Å². The molecule has 3 heterocycles. The Kier molecular flexibility index (Phi) is 5.09. The number of rotatable bonds is 4. The summed E-state index contributed by atoms with van der Waals surface area (Å²) in [5.41, 5.74) is 2.48. The minimum absolute atomic E-state index is 0.0278. The molecule has 5 rings (SSSR count). The van der Waals surface area contributed by atoms with Gasteiger partial charge in [-0.2, -0.15) is 0 Å². The fourth-order valence-corrected chi connectivity index (χ4v) is 4.65. The molecule has 0 amide bonds. The van der Waals surface area contributed by atoms with Crippen LogP contribution in [0.25, 0.3) is 22.2 Å². The second-order valence-corrected chi connectivity index (χ2v) is 8.14. The van der Waals surface area contributed by atoms with E-state index in [0.29, 0.717) is 46.8 Å². The van der Waals surface area contributed by atoms with Gasteiger partial charge in [-0.05, 0) is 47.5 Å². The van der Waals surface area contributed by atoms with E-state index < -0.39 is 22.3 Å². The predicted molar refractivity (Wildman–Crippen MR) is 125 cm³/mol. The Morgan fingerprint density at radius 1 is 1.03 bits per heavy atom. The van der Waals surface area contributed by atoms with Crippen molar-refractivity contribution in [3.05, 3.63) is 90.7 Å². The Labute approximate surface area is 193 Å². The van der Waals surface area contributed by atoms with E-state index in [1.54, 1.807) is 26.3 Å². The Bertz CT molecular complexity index is 1540. The quantitative estimate of drug-likeness (QED) is 0.341. The maximum atomic E-state index is 13.4. The topological polar surface area (TPSA) is 111 Å². The van der Waals surface area contributed by atoms with E-state index in [9.17, 15) is 19.7 Å². The average Bonchev–Trinajstić information content (AvgIpc) is 3.22. The van der Waals surface area contributed by atoms with Crippen molar-refractivity contribution in [1.82, 2.24) is 13.7 Å². The van der Waals surface area contributed by atoms with Crippen molar-refractivity contribution < 1.29 is 14.4 Å². The molecule has 34 heavy (non-hydrogen) atoms. The van der Waals surface area contributed by atoms with Gasteiger partial charge in [0, 0.05) is 32.8 Å². The highest BCUT2D eigenvalue weighted by atomic mass is 16.6. The van der Waals surface area contributed by atoms with E-state index in [1.165, 1.54) is 23.7 Å². The monoisotopic (exact) mass is 462 g/mol. The molecule has 0 aliphatic carbocycles. The molecule has 0 fully saturated rings. The van der Waals surface area contributed by atoms with Crippen LogP contribution in [0.15, 0.2) is 58.1 Å². The van der Waals surface area contributed by atoms with Gasteiger partial charge in [0.15, 0.2) is 0 Å². The van der Waals surface area contributed by atoms with E-state index >= 15 is 0 Å². The summed E-state index contributed by atoms with van der Waals surface area (Å²) in [5.74, 6) is 0.686. The summed E-state index contributed by atoms with van der Waals surface area (Å²) < 4.78 is 16.0. The molecule has 0 radical (unpaired) electrons. The van der Waals surface area contributed by atoms with Gasteiger partial charge in [-0.3, -0.25) is 24.0 Å². The molecule has 1 aliphatic rings. The zero-order chi connectivity index (χ0) is 24.1. The molecule has 0 saturated carbocycles. The van der Waals surface area contributed by atoms with E-state index in [2.05, 4.69) is 0 Å². The third-order valence-corrected chi connectivity index (χ3v) is 6.32. The van der Waals surface area contributed by atoms with E-state index in [-0.39, 0.29) is 5.69 Å². The van der Waals surface area contributed by atoms with Crippen LogP contribution in [0.2, 0.25) is 0 Å². The number of non-ortho nitro benzene ring substituents is 1. The minimum Gasteiger partial charge on any atom is -0.497 e. The SMILES string of the molecule is COc1ccc(-c2c3c(=O)n(C)c(=O)n(C)c3c3n2CCO[C@H]3c2ccc([N+](=O)[O-])cc2)cc1. The number of nitro groups is 1. The molecule has 2 aromatic heterocycles. The first-order chi connectivity index (χ1) is 16.3. The predicted octanol–water partition coefficient (Wildman–Crippen LogP) is 2.74. The standard InChI is InChI=1S/C24H22N4O6/c1-25-20-18(23(29)26(2)24(25)30)19(14-6-10-17(33-3)11-7-14)27-12-13-34-22(21(20)27)15-4-8-16(9-5-15)28(31)32/h4-11,22H,12-13H2,1-3H3/t22-/m0/s1. The fourth-order valence-electron chi connectivity index (χ4n) is 4.65. The van der Waals surface area contributed by atoms with E-state index in [1.807, 2.05) is 28.8 Å². The summed E-state index contributed by atoms with van der Waals surface area (Å²) in [6.07, 6.45) is -0.609. The molecular formula is C24H22N4O6. The third kappa shape index (κ3) is 3.14. The highest BCUT2D eigenvalue weighted by Gasteiger charge is 2.33. The Balaban J connectivity index is 1.85. The molecule has 1 atom stereocenters. The Morgan fingerprint density at radius 2 is 1.71 bits per heavy atom. The van der Waals surface area contributed by atoms with Crippen LogP contribution < -0.4 is 16.0 Å². The largest absolute Gasteiger partial charge is 0.497 e. The first-order valence-corrected chi connectivity index (χ1v) is 10.7. The number of methoxy groups -OCH3 is 1.